The second-order valence-corrected chi connectivity index (χ2v) is 10.0. The number of hydrogen-bond donors (Lipinski definition) is 0. The van der Waals surface area contributed by atoms with Gasteiger partial charge >= 0.3 is 0 Å². The molecule has 0 amide bonds. The molecule has 2 aromatic carbocycles. The lowest BCUT2D eigenvalue weighted by molar-refractivity contribution is 0.309. The largest absolute Gasteiger partial charge is 0.497 e. The van der Waals surface area contributed by atoms with Crippen molar-refractivity contribution < 1.29 is 26.3 Å². The Kier molecular flexibility index (Phi) is 4.96. The molecule has 0 radical (unpaired) electrons. The van der Waals surface area contributed by atoms with Gasteiger partial charge in [-0.3, -0.25) is 0 Å². The number of nitrogens with zero attached hydrogens (tertiary/aromatic N) is 1. The molecular weight excluding hydrogens is 378 g/mol. The van der Waals surface area contributed by atoms with Gasteiger partial charge in [0.25, 0.3) is 0 Å². The predicted molar refractivity (Wildman–Crippen MR) is 95.7 cm³/mol. The van der Waals surface area contributed by atoms with Crippen LogP contribution in [0.1, 0.15) is 0 Å². The zero-order valence-corrected chi connectivity index (χ0v) is 16.0. The molecule has 26 heavy (non-hydrogen) atoms. The Hall–Kier alpha value is -2.10. The Morgan fingerprint density at radius 2 is 1.19 bits per heavy atom. The summed E-state index contributed by atoms with van der Waals surface area (Å²) >= 11 is 0. The van der Waals surface area contributed by atoms with E-state index < -0.39 is 25.1 Å². The molecule has 9 heteroatoms. The first-order chi connectivity index (χ1) is 12.3. The van der Waals surface area contributed by atoms with Gasteiger partial charge in [-0.15, -0.1) is 0 Å². The Morgan fingerprint density at radius 3 is 1.62 bits per heavy atom. The van der Waals surface area contributed by atoms with E-state index in [9.17, 15) is 16.8 Å². The highest BCUT2D eigenvalue weighted by Crippen LogP contribution is 2.30. The zero-order chi connectivity index (χ0) is 18.9. The van der Waals surface area contributed by atoms with Gasteiger partial charge in [0.05, 0.1) is 29.3 Å². The Labute approximate surface area is 153 Å². The molecular formula is C17H19NO6S2. The summed E-state index contributed by atoms with van der Waals surface area (Å²) in [6, 6.07) is 12.1. The Morgan fingerprint density at radius 1 is 0.769 bits per heavy atom. The van der Waals surface area contributed by atoms with Crippen LogP contribution in [-0.2, 0) is 19.9 Å². The van der Waals surface area contributed by atoms with E-state index in [4.69, 9.17) is 9.47 Å². The number of ether oxygens (including phenoxy) is 2. The van der Waals surface area contributed by atoms with Gasteiger partial charge in [-0.05, 0) is 48.5 Å². The summed E-state index contributed by atoms with van der Waals surface area (Å²) in [7, 11) is -4.32. The molecule has 1 heterocycles. The maximum atomic E-state index is 12.6. The molecule has 0 bridgehead atoms. The van der Waals surface area contributed by atoms with Crippen molar-refractivity contribution in [1.29, 1.82) is 0 Å². The maximum Gasteiger partial charge on any atom is 0.243 e. The summed E-state index contributed by atoms with van der Waals surface area (Å²) in [6.45, 7) is -0.133. The molecule has 1 aliphatic rings. The normalized spacial score (nSPS) is 16.1. The Balaban J connectivity index is 1.74. The van der Waals surface area contributed by atoms with Gasteiger partial charge < -0.3 is 9.47 Å². The number of benzene rings is 2. The van der Waals surface area contributed by atoms with Crippen LogP contribution < -0.4 is 9.47 Å². The summed E-state index contributed by atoms with van der Waals surface area (Å²) in [5.41, 5.74) is 0. The van der Waals surface area contributed by atoms with Crippen molar-refractivity contribution in [3.8, 4) is 11.5 Å². The number of rotatable bonds is 6. The van der Waals surface area contributed by atoms with Gasteiger partial charge in [-0.2, -0.15) is 4.31 Å². The van der Waals surface area contributed by atoms with Gasteiger partial charge in [-0.25, -0.2) is 16.8 Å². The number of methoxy groups -OCH3 is 2. The van der Waals surface area contributed by atoms with Gasteiger partial charge in [0, 0.05) is 13.1 Å². The monoisotopic (exact) mass is 397 g/mol. The second kappa shape index (κ2) is 6.90. The van der Waals surface area contributed by atoms with E-state index in [1.807, 2.05) is 0 Å². The zero-order valence-electron chi connectivity index (χ0n) is 14.3. The first-order valence-corrected chi connectivity index (χ1v) is 10.8. The average molecular weight is 397 g/mol. The molecule has 7 nitrogen and oxygen atoms in total. The summed E-state index contributed by atoms with van der Waals surface area (Å²) in [4.78, 5) is 0.267. The lowest BCUT2D eigenvalue weighted by atomic mass is 10.3. The van der Waals surface area contributed by atoms with Crippen molar-refractivity contribution in [1.82, 2.24) is 4.31 Å². The van der Waals surface area contributed by atoms with Crippen LogP contribution in [0.5, 0.6) is 11.5 Å². The van der Waals surface area contributed by atoms with Crippen molar-refractivity contribution >= 4 is 19.9 Å². The molecule has 0 aliphatic carbocycles. The van der Waals surface area contributed by atoms with Crippen molar-refractivity contribution in [3.63, 3.8) is 0 Å². The third-order valence-corrected chi connectivity index (χ3v) is 8.29. The van der Waals surface area contributed by atoms with Crippen molar-refractivity contribution in [2.45, 2.75) is 15.0 Å². The standard InChI is InChI=1S/C17H19NO6S2/c1-23-13-3-7-15(8-4-13)25(19,20)17-11-18(12-17)26(21,22)16-9-5-14(24-2)6-10-16/h3-10,17H,11-12H2,1-2H3. The van der Waals surface area contributed by atoms with Crippen LogP contribution in [0, 0.1) is 0 Å². The van der Waals surface area contributed by atoms with Crippen LogP contribution in [0.2, 0.25) is 0 Å². The number of hydrogen-bond acceptors (Lipinski definition) is 6. The first kappa shape index (κ1) is 18.7. The molecule has 0 unspecified atom stereocenters. The fourth-order valence-electron chi connectivity index (χ4n) is 2.65. The quantitative estimate of drug-likeness (QED) is 0.735. The lowest BCUT2D eigenvalue weighted by Gasteiger charge is -2.37. The fraction of sp³-hybridized carbons (Fsp3) is 0.294. The second-order valence-electron chi connectivity index (χ2n) is 5.84. The lowest BCUT2D eigenvalue weighted by Crippen LogP contribution is -2.56. The minimum atomic E-state index is -3.72. The van der Waals surface area contributed by atoms with E-state index in [0.29, 0.717) is 11.5 Å². The van der Waals surface area contributed by atoms with Gasteiger partial charge in [0.1, 0.15) is 11.5 Å². The van der Waals surface area contributed by atoms with E-state index in [1.165, 1.54) is 42.8 Å². The van der Waals surface area contributed by atoms with Crippen LogP contribution in [0.15, 0.2) is 58.3 Å². The molecule has 1 saturated heterocycles. The minimum absolute atomic E-state index is 0.0667. The Bertz CT molecular complexity index is 895. The predicted octanol–water partition coefficient (Wildman–Crippen LogP) is 1.55. The maximum absolute atomic E-state index is 12.6. The topological polar surface area (TPSA) is 90.0 Å². The first-order valence-electron chi connectivity index (χ1n) is 7.81. The summed E-state index contributed by atoms with van der Waals surface area (Å²) in [5.74, 6) is 1.11. The van der Waals surface area contributed by atoms with Crippen LogP contribution in [-0.4, -0.2) is 53.7 Å². The molecule has 1 aliphatic heterocycles. The highest BCUT2D eigenvalue weighted by atomic mass is 32.2. The van der Waals surface area contributed by atoms with Gasteiger partial charge in [0.15, 0.2) is 9.84 Å². The molecule has 140 valence electrons. The van der Waals surface area contributed by atoms with Crippen molar-refractivity contribution in [3.05, 3.63) is 48.5 Å². The molecule has 0 N–H and O–H groups in total. The van der Waals surface area contributed by atoms with Crippen LogP contribution >= 0.6 is 0 Å². The van der Waals surface area contributed by atoms with E-state index in [1.54, 1.807) is 24.3 Å². The molecule has 3 rings (SSSR count). The molecule has 0 atom stereocenters. The fourth-order valence-corrected chi connectivity index (χ4v) is 6.02. The number of sulfonamides is 1. The third kappa shape index (κ3) is 3.29. The molecule has 1 fully saturated rings. The van der Waals surface area contributed by atoms with E-state index in [2.05, 4.69) is 0 Å². The summed E-state index contributed by atoms with van der Waals surface area (Å²) in [6.07, 6.45) is 0. The van der Waals surface area contributed by atoms with E-state index >= 15 is 0 Å². The van der Waals surface area contributed by atoms with E-state index in [-0.39, 0.29) is 22.9 Å². The summed E-state index contributed by atoms with van der Waals surface area (Å²) < 4.78 is 61.6. The number of sulfone groups is 1. The van der Waals surface area contributed by atoms with Gasteiger partial charge in [0.2, 0.25) is 10.0 Å². The van der Waals surface area contributed by atoms with Crippen molar-refractivity contribution in [2.75, 3.05) is 27.3 Å². The SMILES string of the molecule is COc1ccc(S(=O)(=O)C2CN(S(=O)(=O)c3ccc(OC)cc3)C2)cc1. The minimum Gasteiger partial charge on any atom is -0.497 e. The molecule has 2 aromatic rings. The van der Waals surface area contributed by atoms with Crippen LogP contribution in [0.4, 0.5) is 0 Å². The molecule has 0 saturated carbocycles. The average Bonchev–Trinajstić information content (AvgIpc) is 2.60. The van der Waals surface area contributed by atoms with Gasteiger partial charge in [-0.1, -0.05) is 0 Å². The third-order valence-electron chi connectivity index (χ3n) is 4.34. The van der Waals surface area contributed by atoms with Crippen molar-refractivity contribution in [2.24, 2.45) is 0 Å². The van der Waals surface area contributed by atoms with E-state index in [0.717, 1.165) is 0 Å². The highest BCUT2D eigenvalue weighted by Gasteiger charge is 2.44. The smallest absolute Gasteiger partial charge is 0.243 e. The summed E-state index contributed by atoms with van der Waals surface area (Å²) in [5, 5.41) is -0.760. The van der Waals surface area contributed by atoms with Crippen LogP contribution in [0.25, 0.3) is 0 Å². The van der Waals surface area contributed by atoms with Crippen LogP contribution in [0.3, 0.4) is 0 Å². The molecule has 0 spiro atoms. The highest BCUT2D eigenvalue weighted by molar-refractivity contribution is 7.92. The molecule has 0 aromatic heterocycles.